The van der Waals surface area contributed by atoms with E-state index in [9.17, 15) is 19.7 Å². The van der Waals surface area contributed by atoms with Crippen molar-refractivity contribution in [1.82, 2.24) is 4.98 Å². The Kier molecular flexibility index (Phi) is 7.09. The van der Waals surface area contributed by atoms with Gasteiger partial charge in [0, 0.05) is 34.6 Å². The van der Waals surface area contributed by atoms with Crippen LogP contribution in [0.5, 0.6) is 5.75 Å². The minimum Gasteiger partial charge on any atom is -0.494 e. The van der Waals surface area contributed by atoms with Crippen LogP contribution in [0.3, 0.4) is 0 Å². The zero-order valence-electron chi connectivity index (χ0n) is 17.1. The number of carbonyl (C=O) groups excluding carboxylic acids is 2. The molecule has 0 aliphatic rings. The summed E-state index contributed by atoms with van der Waals surface area (Å²) in [7, 11) is 0. The van der Waals surface area contributed by atoms with Gasteiger partial charge in [0.25, 0.3) is 5.69 Å². The first-order valence-electron chi connectivity index (χ1n) is 9.58. The van der Waals surface area contributed by atoms with E-state index in [0.717, 1.165) is 0 Å². The van der Waals surface area contributed by atoms with E-state index in [0.29, 0.717) is 46.3 Å². The third-order valence-electron chi connectivity index (χ3n) is 4.53. The van der Waals surface area contributed by atoms with E-state index >= 15 is 0 Å². The zero-order valence-corrected chi connectivity index (χ0v) is 17.9. The summed E-state index contributed by atoms with van der Waals surface area (Å²) < 4.78 is 5.58. The second-order valence-electron chi connectivity index (χ2n) is 6.88. The van der Waals surface area contributed by atoms with Crippen LogP contribution in [0.25, 0.3) is 11.3 Å². The number of nitro benzene ring substituents is 1. The third-order valence-corrected chi connectivity index (χ3v) is 5.29. The molecule has 3 aromatic rings. The average Bonchev–Trinajstić information content (AvgIpc) is 3.20. The second kappa shape index (κ2) is 9.94. The Morgan fingerprint density at radius 1 is 1.19 bits per heavy atom. The quantitative estimate of drug-likeness (QED) is 0.217. The number of rotatable bonds is 9. The van der Waals surface area contributed by atoms with Crippen LogP contribution in [0.2, 0.25) is 0 Å². The minimum atomic E-state index is -0.423. The number of thiazole rings is 1. The van der Waals surface area contributed by atoms with Gasteiger partial charge in [-0.15, -0.1) is 11.3 Å². The molecule has 31 heavy (non-hydrogen) atoms. The molecule has 1 N–H and O–H groups in total. The van der Waals surface area contributed by atoms with Crippen molar-refractivity contribution >= 4 is 33.8 Å². The maximum Gasteiger partial charge on any atom is 0.272 e. The van der Waals surface area contributed by atoms with Gasteiger partial charge in [-0.3, -0.25) is 19.7 Å². The Labute approximate surface area is 183 Å². The van der Waals surface area contributed by atoms with Gasteiger partial charge >= 0.3 is 0 Å². The van der Waals surface area contributed by atoms with Crippen molar-refractivity contribution in [3.63, 3.8) is 0 Å². The highest BCUT2D eigenvalue weighted by Gasteiger charge is 2.14. The highest BCUT2D eigenvalue weighted by atomic mass is 32.1. The van der Waals surface area contributed by atoms with Crippen molar-refractivity contribution < 1.29 is 19.2 Å². The summed E-state index contributed by atoms with van der Waals surface area (Å²) >= 11 is 1.26. The first kappa shape index (κ1) is 22.1. The van der Waals surface area contributed by atoms with Crippen LogP contribution in [-0.4, -0.2) is 28.2 Å². The Balaban J connectivity index is 1.48. The van der Waals surface area contributed by atoms with Gasteiger partial charge in [0.2, 0.25) is 5.91 Å². The van der Waals surface area contributed by atoms with Crippen LogP contribution in [-0.2, 0) is 4.79 Å². The number of carbonyl (C=O) groups is 2. The molecular formula is C22H21N3O5S. The molecule has 160 valence electrons. The standard InChI is InChI=1S/C22H21N3O5S/c1-14-5-6-17(12-20(14)25(28)29)19-13-31-22(23-19)24-21(27)4-3-11-30-18-9-7-16(8-10-18)15(2)26/h5-10,12-13H,3-4,11H2,1-2H3,(H,23,24,27). The van der Waals surface area contributed by atoms with E-state index in [1.165, 1.54) is 24.3 Å². The molecule has 0 aliphatic carbocycles. The Morgan fingerprint density at radius 3 is 2.61 bits per heavy atom. The van der Waals surface area contributed by atoms with Gasteiger partial charge in [-0.25, -0.2) is 4.98 Å². The SMILES string of the molecule is CC(=O)c1ccc(OCCCC(=O)Nc2nc(-c3ccc(C)c([N+](=O)[O-])c3)cs2)cc1. The molecule has 1 amide bonds. The molecule has 9 heteroatoms. The molecule has 0 atom stereocenters. The Morgan fingerprint density at radius 2 is 1.94 bits per heavy atom. The molecule has 0 fully saturated rings. The fourth-order valence-corrected chi connectivity index (χ4v) is 3.56. The highest BCUT2D eigenvalue weighted by Crippen LogP contribution is 2.29. The van der Waals surface area contributed by atoms with Gasteiger partial charge in [0.1, 0.15) is 5.75 Å². The van der Waals surface area contributed by atoms with Crippen LogP contribution < -0.4 is 10.1 Å². The number of ketones is 1. The van der Waals surface area contributed by atoms with E-state index in [-0.39, 0.29) is 23.8 Å². The molecule has 8 nitrogen and oxygen atoms in total. The van der Waals surface area contributed by atoms with Crippen molar-refractivity contribution in [3.05, 3.63) is 69.1 Å². The van der Waals surface area contributed by atoms with Crippen molar-refractivity contribution in [2.24, 2.45) is 0 Å². The lowest BCUT2D eigenvalue weighted by atomic mass is 10.1. The fraction of sp³-hybridized carbons (Fsp3) is 0.227. The summed E-state index contributed by atoms with van der Waals surface area (Å²) in [4.78, 5) is 38.5. The number of amides is 1. The number of anilines is 1. The lowest BCUT2D eigenvalue weighted by molar-refractivity contribution is -0.385. The number of ether oxygens (including phenoxy) is 1. The number of hydrogen-bond donors (Lipinski definition) is 1. The first-order chi connectivity index (χ1) is 14.8. The van der Waals surface area contributed by atoms with Crippen molar-refractivity contribution in [2.75, 3.05) is 11.9 Å². The number of benzene rings is 2. The molecule has 0 aliphatic heterocycles. The lowest BCUT2D eigenvalue weighted by Crippen LogP contribution is -2.12. The number of hydrogen-bond acceptors (Lipinski definition) is 7. The average molecular weight is 439 g/mol. The van der Waals surface area contributed by atoms with E-state index in [4.69, 9.17) is 4.74 Å². The normalized spacial score (nSPS) is 10.5. The van der Waals surface area contributed by atoms with Crippen molar-refractivity contribution in [3.8, 4) is 17.0 Å². The van der Waals surface area contributed by atoms with E-state index < -0.39 is 4.92 Å². The number of Topliss-reactive ketones (excluding diaryl/α,β-unsaturated/α-hetero) is 1. The monoisotopic (exact) mass is 439 g/mol. The maximum atomic E-state index is 12.2. The van der Waals surface area contributed by atoms with E-state index in [1.54, 1.807) is 48.7 Å². The Hall–Kier alpha value is -3.59. The number of nitrogens with one attached hydrogen (secondary N) is 1. The molecule has 3 rings (SSSR count). The Bertz CT molecular complexity index is 1110. The van der Waals surface area contributed by atoms with Crippen LogP contribution >= 0.6 is 11.3 Å². The number of aryl methyl sites for hydroxylation is 1. The molecule has 0 radical (unpaired) electrons. The number of nitro groups is 1. The van der Waals surface area contributed by atoms with E-state index in [1.807, 2.05) is 0 Å². The van der Waals surface area contributed by atoms with Crippen LogP contribution in [0.1, 0.15) is 35.7 Å². The number of aromatic nitrogens is 1. The largest absolute Gasteiger partial charge is 0.494 e. The zero-order chi connectivity index (χ0) is 22.4. The molecular weight excluding hydrogens is 418 g/mol. The van der Waals surface area contributed by atoms with Gasteiger partial charge in [-0.1, -0.05) is 12.1 Å². The lowest BCUT2D eigenvalue weighted by Gasteiger charge is -2.06. The summed E-state index contributed by atoms with van der Waals surface area (Å²) in [5, 5.41) is 16.0. The van der Waals surface area contributed by atoms with Gasteiger partial charge in [0.05, 0.1) is 17.2 Å². The summed E-state index contributed by atoms with van der Waals surface area (Å²) in [5.41, 5.74) is 2.43. The summed E-state index contributed by atoms with van der Waals surface area (Å²) in [6, 6.07) is 11.8. The summed E-state index contributed by atoms with van der Waals surface area (Å²) in [6.45, 7) is 3.55. The summed E-state index contributed by atoms with van der Waals surface area (Å²) in [6.07, 6.45) is 0.777. The molecule has 0 spiro atoms. The number of nitrogens with zero attached hydrogens (tertiary/aromatic N) is 2. The third kappa shape index (κ3) is 5.95. The smallest absolute Gasteiger partial charge is 0.272 e. The molecule has 2 aromatic carbocycles. The van der Waals surface area contributed by atoms with E-state index in [2.05, 4.69) is 10.3 Å². The molecule has 1 aromatic heterocycles. The van der Waals surface area contributed by atoms with Crippen molar-refractivity contribution in [2.45, 2.75) is 26.7 Å². The fourth-order valence-electron chi connectivity index (χ4n) is 2.82. The molecule has 0 unspecified atom stereocenters. The highest BCUT2D eigenvalue weighted by molar-refractivity contribution is 7.14. The van der Waals surface area contributed by atoms with Gasteiger partial charge in [-0.05, 0) is 44.5 Å². The van der Waals surface area contributed by atoms with Crippen molar-refractivity contribution in [1.29, 1.82) is 0 Å². The predicted octanol–water partition coefficient (Wildman–Crippen LogP) is 5.03. The predicted molar refractivity (Wildman–Crippen MR) is 119 cm³/mol. The maximum absolute atomic E-state index is 12.2. The first-order valence-corrected chi connectivity index (χ1v) is 10.5. The molecule has 0 bridgehead atoms. The van der Waals surface area contributed by atoms with Gasteiger partial charge in [-0.2, -0.15) is 0 Å². The van der Waals surface area contributed by atoms with Gasteiger partial charge in [0.15, 0.2) is 10.9 Å². The van der Waals surface area contributed by atoms with Crippen LogP contribution in [0, 0.1) is 17.0 Å². The van der Waals surface area contributed by atoms with Gasteiger partial charge < -0.3 is 10.1 Å². The molecule has 0 saturated heterocycles. The topological polar surface area (TPSA) is 111 Å². The van der Waals surface area contributed by atoms with Crippen LogP contribution in [0.4, 0.5) is 10.8 Å². The molecule has 0 saturated carbocycles. The minimum absolute atomic E-state index is 0.00540. The van der Waals surface area contributed by atoms with Crippen LogP contribution in [0.15, 0.2) is 47.8 Å². The molecule has 1 heterocycles. The summed E-state index contributed by atoms with van der Waals surface area (Å²) in [5.74, 6) is 0.447. The second-order valence-corrected chi connectivity index (χ2v) is 7.74.